The van der Waals surface area contributed by atoms with Gasteiger partial charge in [-0.2, -0.15) is 5.10 Å². The van der Waals surface area contributed by atoms with Crippen LogP contribution in [-0.2, 0) is 9.53 Å². The number of aromatic nitrogens is 2. The zero-order valence-corrected chi connectivity index (χ0v) is 7.33. The largest absolute Gasteiger partial charge is 0.394 e. The summed E-state index contributed by atoms with van der Waals surface area (Å²) in [6.45, 7) is 2.35. The standard InChI is InChI=1S/C7H12N4O2/c1-2-13-4-6(12)10-7-5(8)3-9-11-7/h3H,2,4,8H2,1H3,(H2,9,10,11,12). The molecule has 6 nitrogen and oxygen atoms in total. The van der Waals surface area contributed by atoms with Crippen molar-refractivity contribution in [1.29, 1.82) is 0 Å². The lowest BCUT2D eigenvalue weighted by Crippen LogP contribution is -2.19. The lowest BCUT2D eigenvalue weighted by molar-refractivity contribution is -0.120. The first-order chi connectivity index (χ1) is 6.24. The number of hydrogen-bond acceptors (Lipinski definition) is 4. The van der Waals surface area contributed by atoms with E-state index in [1.165, 1.54) is 6.20 Å². The molecule has 0 unspecified atom stereocenters. The molecule has 0 aliphatic carbocycles. The molecule has 0 fully saturated rings. The number of amides is 1. The van der Waals surface area contributed by atoms with E-state index in [0.717, 1.165) is 0 Å². The summed E-state index contributed by atoms with van der Waals surface area (Å²) >= 11 is 0. The number of rotatable bonds is 4. The summed E-state index contributed by atoms with van der Waals surface area (Å²) in [6.07, 6.45) is 1.43. The fourth-order valence-electron chi connectivity index (χ4n) is 0.766. The van der Waals surface area contributed by atoms with Crippen LogP contribution in [0.15, 0.2) is 6.20 Å². The number of carbonyl (C=O) groups is 1. The molecule has 0 saturated heterocycles. The average molecular weight is 184 g/mol. The third kappa shape index (κ3) is 2.75. The molecule has 0 aliphatic heterocycles. The number of hydrogen-bond donors (Lipinski definition) is 3. The van der Waals surface area contributed by atoms with Gasteiger partial charge in [-0.05, 0) is 6.92 Å². The predicted molar refractivity (Wildman–Crippen MR) is 48.1 cm³/mol. The van der Waals surface area contributed by atoms with Gasteiger partial charge in [0, 0.05) is 6.61 Å². The topological polar surface area (TPSA) is 93.0 Å². The predicted octanol–water partition coefficient (Wildman–Crippen LogP) is -0.0331. The van der Waals surface area contributed by atoms with Crippen molar-refractivity contribution < 1.29 is 9.53 Å². The van der Waals surface area contributed by atoms with Gasteiger partial charge in [0.1, 0.15) is 6.61 Å². The lowest BCUT2D eigenvalue weighted by atomic mass is 10.5. The van der Waals surface area contributed by atoms with Gasteiger partial charge in [-0.15, -0.1) is 0 Å². The minimum atomic E-state index is -0.252. The van der Waals surface area contributed by atoms with E-state index < -0.39 is 0 Å². The van der Waals surface area contributed by atoms with Crippen LogP contribution in [-0.4, -0.2) is 29.3 Å². The van der Waals surface area contributed by atoms with Gasteiger partial charge in [-0.25, -0.2) is 0 Å². The molecule has 0 radical (unpaired) electrons. The molecule has 72 valence electrons. The van der Waals surface area contributed by atoms with E-state index in [4.69, 9.17) is 10.5 Å². The van der Waals surface area contributed by atoms with Crippen LogP contribution in [0.1, 0.15) is 6.92 Å². The fraction of sp³-hybridized carbons (Fsp3) is 0.429. The molecule has 0 saturated carbocycles. The van der Waals surface area contributed by atoms with Crippen LogP contribution < -0.4 is 11.1 Å². The summed E-state index contributed by atoms with van der Waals surface area (Å²) in [5.74, 6) is 0.155. The monoisotopic (exact) mass is 184 g/mol. The molecular weight excluding hydrogens is 172 g/mol. The van der Waals surface area contributed by atoms with Crippen LogP contribution in [0.2, 0.25) is 0 Å². The second-order valence-corrected chi connectivity index (χ2v) is 2.39. The van der Waals surface area contributed by atoms with E-state index in [9.17, 15) is 4.79 Å². The summed E-state index contributed by atoms with van der Waals surface area (Å²) in [4.78, 5) is 11.1. The molecule has 0 spiro atoms. The van der Waals surface area contributed by atoms with Crippen molar-refractivity contribution in [3.05, 3.63) is 6.20 Å². The summed E-state index contributed by atoms with van der Waals surface area (Å²) in [5, 5.41) is 8.72. The van der Waals surface area contributed by atoms with Gasteiger partial charge in [0.2, 0.25) is 0 Å². The number of aromatic amines is 1. The van der Waals surface area contributed by atoms with Crippen molar-refractivity contribution >= 4 is 17.4 Å². The SMILES string of the molecule is CCOCC(=O)Nc1[nH]ncc1N. The van der Waals surface area contributed by atoms with Crippen molar-refractivity contribution in [3.8, 4) is 0 Å². The normalized spacial score (nSPS) is 9.92. The van der Waals surface area contributed by atoms with E-state index in [0.29, 0.717) is 18.1 Å². The second-order valence-electron chi connectivity index (χ2n) is 2.39. The summed E-state index contributed by atoms with van der Waals surface area (Å²) in [6, 6.07) is 0. The van der Waals surface area contributed by atoms with Crippen molar-refractivity contribution in [3.63, 3.8) is 0 Å². The Morgan fingerprint density at radius 2 is 2.62 bits per heavy atom. The van der Waals surface area contributed by atoms with Crippen molar-refractivity contribution in [2.45, 2.75) is 6.92 Å². The van der Waals surface area contributed by atoms with Crippen LogP contribution in [0, 0.1) is 0 Å². The first kappa shape index (κ1) is 9.53. The number of anilines is 2. The zero-order chi connectivity index (χ0) is 9.68. The van der Waals surface area contributed by atoms with Crippen LogP contribution in [0.4, 0.5) is 11.5 Å². The third-order valence-electron chi connectivity index (χ3n) is 1.37. The number of carbonyl (C=O) groups excluding carboxylic acids is 1. The van der Waals surface area contributed by atoms with Crippen LogP contribution in [0.5, 0.6) is 0 Å². The van der Waals surface area contributed by atoms with Gasteiger partial charge >= 0.3 is 0 Å². The molecular formula is C7H12N4O2. The van der Waals surface area contributed by atoms with Gasteiger partial charge in [-0.1, -0.05) is 0 Å². The summed E-state index contributed by atoms with van der Waals surface area (Å²) in [5.41, 5.74) is 5.88. The minimum absolute atomic E-state index is 0.0228. The molecule has 6 heteroatoms. The van der Waals surface area contributed by atoms with Crippen molar-refractivity contribution in [2.24, 2.45) is 0 Å². The van der Waals surface area contributed by atoms with E-state index >= 15 is 0 Å². The average Bonchev–Trinajstić information content (AvgIpc) is 2.48. The fourth-order valence-corrected chi connectivity index (χ4v) is 0.766. The Balaban J connectivity index is 2.41. The molecule has 1 heterocycles. The summed E-state index contributed by atoms with van der Waals surface area (Å²) in [7, 11) is 0. The molecule has 0 aromatic carbocycles. The van der Waals surface area contributed by atoms with Crippen molar-refractivity contribution in [1.82, 2.24) is 10.2 Å². The Bertz CT molecular complexity index is 284. The molecule has 1 amide bonds. The van der Waals surface area contributed by atoms with Gasteiger partial charge in [0.05, 0.1) is 11.9 Å². The maximum atomic E-state index is 11.1. The van der Waals surface area contributed by atoms with Gasteiger partial charge in [0.25, 0.3) is 5.91 Å². The molecule has 0 atom stereocenters. The van der Waals surface area contributed by atoms with Gasteiger partial charge < -0.3 is 15.8 Å². The number of nitrogens with zero attached hydrogens (tertiary/aromatic N) is 1. The maximum absolute atomic E-state index is 11.1. The maximum Gasteiger partial charge on any atom is 0.251 e. The highest BCUT2D eigenvalue weighted by Crippen LogP contribution is 2.11. The highest BCUT2D eigenvalue weighted by Gasteiger charge is 2.05. The number of ether oxygens (including phenoxy) is 1. The molecule has 4 N–H and O–H groups in total. The summed E-state index contributed by atoms with van der Waals surface area (Å²) < 4.78 is 4.90. The number of nitrogens with two attached hydrogens (primary N) is 1. The Kier molecular flexibility index (Phi) is 3.27. The zero-order valence-electron chi connectivity index (χ0n) is 7.33. The van der Waals surface area contributed by atoms with E-state index in [1.54, 1.807) is 0 Å². The lowest BCUT2D eigenvalue weighted by Gasteiger charge is -2.02. The first-order valence-electron chi connectivity index (χ1n) is 3.90. The number of nitrogens with one attached hydrogen (secondary N) is 2. The Hall–Kier alpha value is -1.56. The van der Waals surface area contributed by atoms with Crippen LogP contribution in [0.3, 0.4) is 0 Å². The molecule has 1 aromatic rings. The van der Waals surface area contributed by atoms with Gasteiger partial charge in [0.15, 0.2) is 5.82 Å². The molecule has 1 rings (SSSR count). The smallest absolute Gasteiger partial charge is 0.251 e. The quantitative estimate of drug-likeness (QED) is 0.612. The molecule has 0 aliphatic rings. The second kappa shape index (κ2) is 4.46. The van der Waals surface area contributed by atoms with E-state index in [2.05, 4.69) is 15.5 Å². The van der Waals surface area contributed by atoms with Gasteiger partial charge in [-0.3, -0.25) is 9.89 Å². The first-order valence-corrected chi connectivity index (χ1v) is 3.90. The third-order valence-corrected chi connectivity index (χ3v) is 1.37. The van der Waals surface area contributed by atoms with Crippen molar-refractivity contribution in [2.75, 3.05) is 24.3 Å². The minimum Gasteiger partial charge on any atom is -0.394 e. The Labute approximate surface area is 75.5 Å². The highest BCUT2D eigenvalue weighted by atomic mass is 16.5. The van der Waals surface area contributed by atoms with E-state index in [1.807, 2.05) is 6.92 Å². The van der Waals surface area contributed by atoms with Crippen LogP contribution >= 0.6 is 0 Å². The molecule has 1 aromatic heterocycles. The number of H-pyrrole nitrogens is 1. The molecule has 0 bridgehead atoms. The Morgan fingerprint density at radius 3 is 3.15 bits per heavy atom. The Morgan fingerprint density at radius 1 is 1.85 bits per heavy atom. The number of nitrogen functional groups attached to an aromatic ring is 1. The van der Waals surface area contributed by atoms with E-state index in [-0.39, 0.29) is 12.5 Å². The van der Waals surface area contributed by atoms with Crippen LogP contribution in [0.25, 0.3) is 0 Å². The molecule has 13 heavy (non-hydrogen) atoms. The highest BCUT2D eigenvalue weighted by molar-refractivity contribution is 5.93.